The lowest BCUT2D eigenvalue weighted by atomic mass is 10.0. The zero-order chi connectivity index (χ0) is 16.4. The zero-order valence-corrected chi connectivity index (χ0v) is 13.1. The molecule has 1 N–H and O–H groups in total. The number of esters is 1. The monoisotopic (exact) mass is 310 g/mol. The quantitative estimate of drug-likeness (QED) is 0.885. The molecule has 1 heterocycles. The third-order valence-electron chi connectivity index (χ3n) is 4.20. The van der Waals surface area contributed by atoms with Gasteiger partial charge in [0, 0.05) is 11.8 Å². The smallest absolute Gasteiger partial charge is 0.356 e. The molecule has 23 heavy (non-hydrogen) atoms. The molecule has 0 unspecified atom stereocenters. The van der Waals surface area contributed by atoms with Crippen molar-refractivity contribution in [1.82, 2.24) is 10.3 Å². The van der Waals surface area contributed by atoms with Crippen LogP contribution in [0, 0.1) is 5.92 Å². The topological polar surface area (TPSA) is 68.3 Å². The normalized spacial score (nSPS) is 19.0. The first kappa shape index (κ1) is 15.2. The summed E-state index contributed by atoms with van der Waals surface area (Å²) in [6.45, 7) is 2.12. The van der Waals surface area contributed by atoms with Gasteiger partial charge in [-0.2, -0.15) is 0 Å². The molecule has 0 saturated heterocycles. The molecule has 3 rings (SSSR count). The summed E-state index contributed by atoms with van der Waals surface area (Å²) in [4.78, 5) is 28.0. The van der Waals surface area contributed by atoms with Crippen molar-refractivity contribution in [1.29, 1.82) is 0 Å². The standard InChI is InChI=1S/C18H18N2O3/c1-11-9-12-5-3-4-6-14(12)16(11)20-17(21)13-7-8-19-15(10-13)18(22)23-2/h3-8,10-11,16H,9H2,1-2H3,(H,20,21)/t11-,16+/m0/s1. The molecule has 5 nitrogen and oxygen atoms in total. The Balaban J connectivity index is 1.81. The van der Waals surface area contributed by atoms with Crippen LogP contribution >= 0.6 is 0 Å². The van der Waals surface area contributed by atoms with Crippen LogP contribution in [0.25, 0.3) is 0 Å². The number of carbonyl (C=O) groups is 2. The third kappa shape index (κ3) is 2.95. The van der Waals surface area contributed by atoms with Crippen molar-refractivity contribution in [3.8, 4) is 0 Å². The molecule has 0 aliphatic heterocycles. The van der Waals surface area contributed by atoms with E-state index in [-0.39, 0.29) is 17.6 Å². The number of nitrogens with zero attached hydrogens (tertiary/aromatic N) is 1. The maximum atomic E-state index is 12.5. The Bertz CT molecular complexity index is 757. The highest BCUT2D eigenvalue weighted by molar-refractivity contribution is 5.97. The molecule has 1 aromatic heterocycles. The predicted octanol–water partition coefficient (Wildman–Crippen LogP) is 2.53. The number of hydrogen-bond donors (Lipinski definition) is 1. The Labute approximate surface area is 134 Å². The van der Waals surface area contributed by atoms with Gasteiger partial charge < -0.3 is 10.1 Å². The summed E-state index contributed by atoms with van der Waals surface area (Å²) >= 11 is 0. The Morgan fingerprint density at radius 1 is 1.26 bits per heavy atom. The van der Waals surface area contributed by atoms with Gasteiger partial charge in [0.15, 0.2) is 0 Å². The van der Waals surface area contributed by atoms with E-state index in [1.807, 2.05) is 12.1 Å². The van der Waals surface area contributed by atoms with Crippen LogP contribution in [0.2, 0.25) is 0 Å². The molecule has 118 valence electrons. The van der Waals surface area contributed by atoms with Gasteiger partial charge in [0.1, 0.15) is 5.69 Å². The highest BCUT2D eigenvalue weighted by Crippen LogP contribution is 2.35. The van der Waals surface area contributed by atoms with E-state index in [1.54, 1.807) is 6.07 Å². The number of methoxy groups -OCH3 is 1. The van der Waals surface area contributed by atoms with Gasteiger partial charge in [-0.3, -0.25) is 4.79 Å². The first-order valence-electron chi connectivity index (χ1n) is 7.53. The summed E-state index contributed by atoms with van der Waals surface area (Å²) in [5, 5.41) is 3.07. The first-order valence-corrected chi connectivity index (χ1v) is 7.53. The van der Waals surface area contributed by atoms with E-state index in [1.165, 1.54) is 24.9 Å². The molecular weight excluding hydrogens is 292 g/mol. The molecule has 0 radical (unpaired) electrons. The lowest BCUT2D eigenvalue weighted by molar-refractivity contribution is 0.0594. The zero-order valence-electron chi connectivity index (χ0n) is 13.1. The van der Waals surface area contributed by atoms with Crippen LogP contribution in [0.1, 0.15) is 44.9 Å². The average molecular weight is 310 g/mol. The largest absolute Gasteiger partial charge is 0.464 e. The minimum Gasteiger partial charge on any atom is -0.464 e. The van der Waals surface area contributed by atoms with Crippen LogP contribution in [-0.4, -0.2) is 24.0 Å². The number of aromatic nitrogens is 1. The molecule has 1 aliphatic rings. The van der Waals surface area contributed by atoms with Crippen LogP contribution in [0.15, 0.2) is 42.6 Å². The van der Waals surface area contributed by atoms with Crippen molar-refractivity contribution in [2.45, 2.75) is 19.4 Å². The number of carbonyl (C=O) groups excluding carboxylic acids is 2. The maximum absolute atomic E-state index is 12.5. The van der Waals surface area contributed by atoms with Gasteiger partial charge >= 0.3 is 5.97 Å². The lowest BCUT2D eigenvalue weighted by Gasteiger charge is -2.19. The van der Waals surface area contributed by atoms with E-state index in [2.05, 4.69) is 34.1 Å². The number of rotatable bonds is 3. The Kier molecular flexibility index (Phi) is 4.10. The van der Waals surface area contributed by atoms with Gasteiger partial charge in [-0.05, 0) is 35.6 Å². The second kappa shape index (κ2) is 6.20. The van der Waals surface area contributed by atoms with E-state index in [0.29, 0.717) is 11.5 Å². The van der Waals surface area contributed by atoms with Crippen molar-refractivity contribution in [2.24, 2.45) is 5.92 Å². The van der Waals surface area contributed by atoms with E-state index in [4.69, 9.17) is 0 Å². The molecule has 5 heteroatoms. The Hall–Kier alpha value is -2.69. The number of nitrogens with one attached hydrogen (secondary N) is 1. The average Bonchev–Trinajstić information content (AvgIpc) is 2.90. The summed E-state index contributed by atoms with van der Waals surface area (Å²) in [6, 6.07) is 11.2. The van der Waals surface area contributed by atoms with Crippen LogP contribution < -0.4 is 5.32 Å². The molecule has 0 fully saturated rings. The molecule has 2 aromatic rings. The van der Waals surface area contributed by atoms with Crippen molar-refractivity contribution in [3.63, 3.8) is 0 Å². The van der Waals surface area contributed by atoms with E-state index >= 15 is 0 Å². The van der Waals surface area contributed by atoms with E-state index in [9.17, 15) is 9.59 Å². The summed E-state index contributed by atoms with van der Waals surface area (Å²) in [7, 11) is 1.29. The fourth-order valence-corrected chi connectivity index (χ4v) is 3.03. The van der Waals surface area contributed by atoms with Crippen molar-refractivity contribution >= 4 is 11.9 Å². The molecular formula is C18H18N2O3. The summed E-state index contributed by atoms with van der Waals surface area (Å²) in [6.07, 6.45) is 2.39. The van der Waals surface area contributed by atoms with Crippen molar-refractivity contribution in [2.75, 3.05) is 7.11 Å². The highest BCUT2D eigenvalue weighted by Gasteiger charge is 2.30. The van der Waals surface area contributed by atoms with E-state index in [0.717, 1.165) is 12.0 Å². The van der Waals surface area contributed by atoms with Crippen molar-refractivity contribution < 1.29 is 14.3 Å². The number of hydrogen-bond acceptors (Lipinski definition) is 4. The first-order chi connectivity index (χ1) is 11.1. The molecule has 0 spiro atoms. The van der Waals surface area contributed by atoms with E-state index < -0.39 is 5.97 Å². The molecule has 0 saturated carbocycles. The number of ether oxygens (including phenoxy) is 1. The summed E-state index contributed by atoms with van der Waals surface area (Å²) < 4.78 is 4.63. The van der Waals surface area contributed by atoms with Crippen molar-refractivity contribution in [3.05, 3.63) is 65.0 Å². The number of amides is 1. The molecule has 1 amide bonds. The lowest BCUT2D eigenvalue weighted by Crippen LogP contribution is -2.30. The van der Waals surface area contributed by atoms with Crippen LogP contribution in [0.5, 0.6) is 0 Å². The van der Waals surface area contributed by atoms with Gasteiger partial charge in [0.2, 0.25) is 0 Å². The predicted molar refractivity (Wildman–Crippen MR) is 85.1 cm³/mol. The third-order valence-corrected chi connectivity index (χ3v) is 4.20. The molecule has 0 bridgehead atoms. The van der Waals surface area contributed by atoms with Crippen LogP contribution in [0.3, 0.4) is 0 Å². The van der Waals surface area contributed by atoms with Gasteiger partial charge in [-0.25, -0.2) is 9.78 Å². The summed E-state index contributed by atoms with van der Waals surface area (Å²) in [5.41, 5.74) is 2.96. The fourth-order valence-electron chi connectivity index (χ4n) is 3.03. The second-order valence-electron chi connectivity index (χ2n) is 5.75. The highest BCUT2D eigenvalue weighted by atomic mass is 16.5. The van der Waals surface area contributed by atoms with Crippen LogP contribution in [-0.2, 0) is 11.2 Å². The van der Waals surface area contributed by atoms with Crippen LogP contribution in [0.4, 0.5) is 0 Å². The van der Waals surface area contributed by atoms with Gasteiger partial charge in [0.05, 0.1) is 13.2 Å². The van der Waals surface area contributed by atoms with Gasteiger partial charge in [0.25, 0.3) is 5.91 Å². The molecule has 2 atom stereocenters. The van der Waals surface area contributed by atoms with Gasteiger partial charge in [-0.15, -0.1) is 0 Å². The molecule has 1 aliphatic carbocycles. The minimum atomic E-state index is -0.556. The minimum absolute atomic E-state index is 0.0200. The maximum Gasteiger partial charge on any atom is 0.356 e. The SMILES string of the molecule is COC(=O)c1cc(C(=O)N[C@H]2c3ccccc3C[C@@H]2C)ccn1. The van der Waals surface area contributed by atoms with Gasteiger partial charge in [-0.1, -0.05) is 31.2 Å². The number of benzene rings is 1. The summed E-state index contributed by atoms with van der Waals surface area (Å²) in [5.74, 6) is -0.441. The number of pyridine rings is 1. The molecule has 1 aromatic carbocycles. The fraction of sp³-hybridized carbons (Fsp3) is 0.278. The second-order valence-corrected chi connectivity index (χ2v) is 5.75. The Morgan fingerprint density at radius 3 is 2.83 bits per heavy atom. The number of fused-ring (bicyclic) bond motifs is 1. The Morgan fingerprint density at radius 2 is 2.04 bits per heavy atom.